The van der Waals surface area contributed by atoms with Crippen molar-refractivity contribution in [2.24, 2.45) is 0 Å². The van der Waals surface area contributed by atoms with Crippen molar-refractivity contribution < 1.29 is 13.2 Å². The second-order valence-electron chi connectivity index (χ2n) is 5.41. The van der Waals surface area contributed by atoms with Gasteiger partial charge in [-0.2, -0.15) is 4.31 Å². The molecule has 7 heteroatoms. The van der Waals surface area contributed by atoms with E-state index in [-0.39, 0.29) is 5.03 Å². The Balaban J connectivity index is 2.09. The first-order valence-electron chi connectivity index (χ1n) is 7.26. The monoisotopic (exact) mass is 313 g/mol. The summed E-state index contributed by atoms with van der Waals surface area (Å²) < 4.78 is 31.8. The van der Waals surface area contributed by atoms with E-state index in [4.69, 9.17) is 4.74 Å². The van der Waals surface area contributed by atoms with Crippen LogP contribution in [0.3, 0.4) is 0 Å². The van der Waals surface area contributed by atoms with E-state index in [0.717, 1.165) is 12.0 Å². The minimum Gasteiger partial charge on any atom is -0.380 e. The Morgan fingerprint density at radius 1 is 1.33 bits per heavy atom. The summed E-state index contributed by atoms with van der Waals surface area (Å²) in [6.07, 6.45) is 2.34. The lowest BCUT2D eigenvalue weighted by Crippen LogP contribution is -2.33. The van der Waals surface area contributed by atoms with E-state index >= 15 is 0 Å². The van der Waals surface area contributed by atoms with Crippen molar-refractivity contribution in [2.75, 3.05) is 26.3 Å². The standard InChI is InChI=1S/C14H23N3O3S/c1-12(2)15-10-13-4-5-14(16-11-13)21(18,19)17-6-3-8-20-9-7-17/h4-5,11-12,15H,3,6-10H2,1-2H3. The van der Waals surface area contributed by atoms with Gasteiger partial charge in [-0.3, -0.25) is 0 Å². The van der Waals surface area contributed by atoms with Crippen molar-refractivity contribution in [2.45, 2.75) is 37.9 Å². The summed E-state index contributed by atoms with van der Waals surface area (Å²) in [6.45, 7) is 6.74. The van der Waals surface area contributed by atoms with Gasteiger partial charge in [-0.1, -0.05) is 19.9 Å². The fourth-order valence-electron chi connectivity index (χ4n) is 2.09. The van der Waals surface area contributed by atoms with Crippen LogP contribution < -0.4 is 5.32 Å². The van der Waals surface area contributed by atoms with E-state index in [9.17, 15) is 8.42 Å². The highest BCUT2D eigenvalue weighted by Gasteiger charge is 2.26. The molecule has 0 bridgehead atoms. The van der Waals surface area contributed by atoms with Gasteiger partial charge in [0.05, 0.1) is 6.61 Å². The molecule has 0 amide bonds. The maximum Gasteiger partial charge on any atom is 0.260 e. The van der Waals surface area contributed by atoms with Crippen molar-refractivity contribution in [3.63, 3.8) is 0 Å². The molecule has 0 saturated carbocycles. The summed E-state index contributed by atoms with van der Waals surface area (Å²) in [6, 6.07) is 3.77. The SMILES string of the molecule is CC(C)NCc1ccc(S(=O)(=O)N2CCCOCC2)nc1. The number of nitrogens with one attached hydrogen (secondary N) is 1. The third-order valence-electron chi connectivity index (χ3n) is 3.30. The summed E-state index contributed by atoms with van der Waals surface area (Å²) >= 11 is 0. The molecule has 0 radical (unpaired) electrons. The molecule has 1 aliphatic heterocycles. The number of hydrogen-bond acceptors (Lipinski definition) is 5. The third kappa shape index (κ3) is 4.47. The van der Waals surface area contributed by atoms with E-state index in [1.807, 2.05) is 6.07 Å². The van der Waals surface area contributed by atoms with Gasteiger partial charge < -0.3 is 10.1 Å². The lowest BCUT2D eigenvalue weighted by molar-refractivity contribution is 0.148. The zero-order valence-corrected chi connectivity index (χ0v) is 13.4. The topological polar surface area (TPSA) is 71.5 Å². The van der Waals surface area contributed by atoms with Gasteiger partial charge in [-0.05, 0) is 18.1 Å². The van der Waals surface area contributed by atoms with Crippen LogP contribution in [-0.4, -0.2) is 50.1 Å². The number of ether oxygens (including phenoxy) is 1. The fourth-order valence-corrected chi connectivity index (χ4v) is 3.46. The molecule has 1 saturated heterocycles. The second-order valence-corrected chi connectivity index (χ2v) is 7.30. The molecule has 118 valence electrons. The molecule has 1 N–H and O–H groups in total. The first kappa shape index (κ1) is 16.4. The van der Waals surface area contributed by atoms with Gasteiger partial charge >= 0.3 is 0 Å². The highest BCUT2D eigenvalue weighted by atomic mass is 32.2. The molecule has 0 atom stereocenters. The maximum absolute atomic E-state index is 12.5. The van der Waals surface area contributed by atoms with Crippen LogP contribution >= 0.6 is 0 Å². The average Bonchev–Trinajstić information content (AvgIpc) is 2.75. The maximum atomic E-state index is 12.5. The lowest BCUT2D eigenvalue weighted by atomic mass is 10.2. The molecule has 0 aromatic carbocycles. The lowest BCUT2D eigenvalue weighted by Gasteiger charge is -2.18. The fraction of sp³-hybridized carbons (Fsp3) is 0.643. The van der Waals surface area contributed by atoms with E-state index in [2.05, 4.69) is 24.1 Å². The van der Waals surface area contributed by atoms with E-state index < -0.39 is 10.0 Å². The Morgan fingerprint density at radius 2 is 2.14 bits per heavy atom. The predicted molar refractivity (Wildman–Crippen MR) is 80.4 cm³/mol. The van der Waals surface area contributed by atoms with Crippen molar-refractivity contribution in [1.82, 2.24) is 14.6 Å². The first-order valence-corrected chi connectivity index (χ1v) is 8.70. The summed E-state index contributed by atoms with van der Waals surface area (Å²) in [7, 11) is -3.51. The smallest absolute Gasteiger partial charge is 0.260 e. The molecule has 2 heterocycles. The summed E-state index contributed by atoms with van der Waals surface area (Å²) in [4.78, 5) is 4.12. The Morgan fingerprint density at radius 3 is 2.81 bits per heavy atom. The molecule has 6 nitrogen and oxygen atoms in total. The average molecular weight is 313 g/mol. The molecule has 0 unspecified atom stereocenters. The number of rotatable bonds is 5. The Hall–Kier alpha value is -1.02. The zero-order valence-electron chi connectivity index (χ0n) is 12.6. The van der Waals surface area contributed by atoms with Gasteiger partial charge in [0.15, 0.2) is 5.03 Å². The van der Waals surface area contributed by atoms with E-state index in [1.54, 1.807) is 12.3 Å². The van der Waals surface area contributed by atoms with Crippen LogP contribution in [0.2, 0.25) is 0 Å². The van der Waals surface area contributed by atoms with Gasteiger partial charge in [-0.15, -0.1) is 0 Å². The van der Waals surface area contributed by atoms with Crippen LogP contribution in [0.25, 0.3) is 0 Å². The van der Waals surface area contributed by atoms with Crippen molar-refractivity contribution in [3.8, 4) is 0 Å². The van der Waals surface area contributed by atoms with Gasteiger partial charge in [0.2, 0.25) is 0 Å². The predicted octanol–water partition coefficient (Wildman–Crippen LogP) is 0.991. The van der Waals surface area contributed by atoms with Gasteiger partial charge in [0.25, 0.3) is 10.0 Å². The molecule has 21 heavy (non-hydrogen) atoms. The van der Waals surface area contributed by atoms with Crippen molar-refractivity contribution in [1.29, 1.82) is 0 Å². The molecule has 0 spiro atoms. The molecule has 1 fully saturated rings. The highest BCUT2D eigenvalue weighted by molar-refractivity contribution is 7.89. The third-order valence-corrected chi connectivity index (χ3v) is 5.11. The molecule has 1 aromatic heterocycles. The molecular formula is C14H23N3O3S. The summed E-state index contributed by atoms with van der Waals surface area (Å²) in [5.41, 5.74) is 0.974. The molecule has 1 aliphatic rings. The van der Waals surface area contributed by atoms with Crippen molar-refractivity contribution >= 4 is 10.0 Å². The van der Waals surface area contributed by atoms with Gasteiger partial charge in [0, 0.05) is 38.5 Å². The normalized spacial score (nSPS) is 17.9. The molecular weight excluding hydrogens is 290 g/mol. The number of hydrogen-bond donors (Lipinski definition) is 1. The largest absolute Gasteiger partial charge is 0.380 e. The number of pyridine rings is 1. The van der Waals surface area contributed by atoms with Crippen LogP contribution in [0.15, 0.2) is 23.4 Å². The van der Waals surface area contributed by atoms with Crippen LogP contribution in [-0.2, 0) is 21.3 Å². The molecule has 1 aromatic rings. The van der Waals surface area contributed by atoms with Crippen LogP contribution in [0, 0.1) is 0 Å². The summed E-state index contributed by atoms with van der Waals surface area (Å²) in [5, 5.41) is 3.38. The number of nitrogens with zero attached hydrogens (tertiary/aromatic N) is 2. The second kappa shape index (κ2) is 7.31. The van der Waals surface area contributed by atoms with E-state index in [0.29, 0.717) is 38.9 Å². The van der Waals surface area contributed by atoms with Gasteiger partial charge in [-0.25, -0.2) is 13.4 Å². The minimum absolute atomic E-state index is 0.109. The van der Waals surface area contributed by atoms with Crippen LogP contribution in [0.4, 0.5) is 0 Å². The Bertz CT molecular complexity index is 535. The number of sulfonamides is 1. The molecule has 2 rings (SSSR count). The van der Waals surface area contributed by atoms with Crippen LogP contribution in [0.5, 0.6) is 0 Å². The van der Waals surface area contributed by atoms with Crippen LogP contribution in [0.1, 0.15) is 25.8 Å². The van der Waals surface area contributed by atoms with E-state index in [1.165, 1.54) is 4.31 Å². The Labute approximate surface area is 126 Å². The summed E-state index contributed by atoms with van der Waals surface area (Å²) in [5.74, 6) is 0. The van der Waals surface area contributed by atoms with Crippen molar-refractivity contribution in [3.05, 3.63) is 23.9 Å². The quantitative estimate of drug-likeness (QED) is 0.878. The van der Waals surface area contributed by atoms with Gasteiger partial charge in [0.1, 0.15) is 0 Å². The number of aromatic nitrogens is 1. The highest BCUT2D eigenvalue weighted by Crippen LogP contribution is 2.15. The first-order chi connectivity index (χ1) is 10.00. The Kier molecular flexibility index (Phi) is 5.69. The molecule has 0 aliphatic carbocycles. The minimum atomic E-state index is -3.51. The zero-order chi connectivity index (χ0) is 15.3.